The standard InChI is InChI=1S/C22H21FO4S/c1-4-28(25,26)19-9-5-16(6-10-19)11-20-14(2)22(27-15(3)24)12-17-7-8-18(23)13-21(17)20/h5-10,12-13H,4,11H2,1-3H3. The maximum Gasteiger partial charge on any atom is 0.308 e. The fraction of sp³-hybridized carbons (Fsp3) is 0.227. The molecule has 0 N–H and O–H groups in total. The lowest BCUT2D eigenvalue weighted by molar-refractivity contribution is -0.131. The van der Waals surface area contributed by atoms with E-state index in [1.54, 1.807) is 43.3 Å². The third-order valence-electron chi connectivity index (χ3n) is 4.75. The number of ether oxygens (including phenoxy) is 1. The summed E-state index contributed by atoms with van der Waals surface area (Å²) in [5.41, 5.74) is 2.46. The van der Waals surface area contributed by atoms with Crippen LogP contribution in [0.1, 0.15) is 30.5 Å². The minimum absolute atomic E-state index is 0.0415. The van der Waals surface area contributed by atoms with Gasteiger partial charge in [-0.15, -0.1) is 0 Å². The van der Waals surface area contributed by atoms with Crippen molar-refractivity contribution in [3.05, 3.63) is 71.0 Å². The molecule has 0 aromatic heterocycles. The van der Waals surface area contributed by atoms with Gasteiger partial charge in [0.1, 0.15) is 11.6 Å². The van der Waals surface area contributed by atoms with Gasteiger partial charge in [-0.3, -0.25) is 4.79 Å². The Morgan fingerprint density at radius 3 is 2.36 bits per heavy atom. The molecule has 0 atom stereocenters. The van der Waals surface area contributed by atoms with Crippen LogP contribution in [0.2, 0.25) is 0 Å². The number of carbonyl (C=O) groups is 1. The molecule has 6 heteroatoms. The molecule has 3 rings (SSSR count). The van der Waals surface area contributed by atoms with Crippen molar-refractivity contribution in [1.29, 1.82) is 0 Å². The van der Waals surface area contributed by atoms with E-state index in [0.29, 0.717) is 12.2 Å². The van der Waals surface area contributed by atoms with E-state index in [2.05, 4.69) is 0 Å². The van der Waals surface area contributed by atoms with E-state index in [1.807, 2.05) is 6.92 Å². The molecule has 0 bridgehead atoms. The molecule has 3 aromatic rings. The summed E-state index contributed by atoms with van der Waals surface area (Å²) < 4.78 is 43.2. The highest BCUT2D eigenvalue weighted by atomic mass is 32.2. The number of esters is 1. The van der Waals surface area contributed by atoms with Crippen LogP contribution in [0.5, 0.6) is 5.75 Å². The molecule has 0 aliphatic carbocycles. The molecule has 0 saturated carbocycles. The normalized spacial score (nSPS) is 11.6. The second-order valence-corrected chi connectivity index (χ2v) is 8.94. The molecule has 28 heavy (non-hydrogen) atoms. The molecule has 0 amide bonds. The monoisotopic (exact) mass is 400 g/mol. The summed E-state index contributed by atoms with van der Waals surface area (Å²) in [7, 11) is -3.26. The van der Waals surface area contributed by atoms with Crippen LogP contribution in [0.15, 0.2) is 53.4 Å². The lowest BCUT2D eigenvalue weighted by atomic mass is 9.93. The van der Waals surface area contributed by atoms with Gasteiger partial charge in [-0.2, -0.15) is 0 Å². The number of hydrogen-bond acceptors (Lipinski definition) is 4. The molecule has 0 aliphatic heterocycles. The fourth-order valence-corrected chi connectivity index (χ4v) is 4.07. The Hall–Kier alpha value is -2.73. The molecule has 146 valence electrons. The van der Waals surface area contributed by atoms with Crippen molar-refractivity contribution in [2.75, 3.05) is 5.75 Å². The summed E-state index contributed by atoms with van der Waals surface area (Å²) in [6, 6.07) is 12.9. The highest BCUT2D eigenvalue weighted by Gasteiger charge is 2.15. The average molecular weight is 400 g/mol. The van der Waals surface area contributed by atoms with Gasteiger partial charge in [-0.05, 0) is 71.1 Å². The topological polar surface area (TPSA) is 60.4 Å². The lowest BCUT2D eigenvalue weighted by Gasteiger charge is -2.15. The first kappa shape index (κ1) is 20.0. The van der Waals surface area contributed by atoms with Gasteiger partial charge in [0, 0.05) is 6.92 Å². The molecule has 0 spiro atoms. The third kappa shape index (κ3) is 4.07. The first-order valence-corrected chi connectivity index (χ1v) is 10.6. The van der Waals surface area contributed by atoms with Crippen LogP contribution in [-0.4, -0.2) is 20.1 Å². The van der Waals surface area contributed by atoms with Gasteiger partial charge in [0.15, 0.2) is 9.84 Å². The van der Waals surface area contributed by atoms with Crippen molar-refractivity contribution in [2.24, 2.45) is 0 Å². The summed E-state index contributed by atoms with van der Waals surface area (Å²) in [5.74, 6) is -0.297. The van der Waals surface area contributed by atoms with Crippen LogP contribution in [0.25, 0.3) is 10.8 Å². The van der Waals surface area contributed by atoms with Crippen LogP contribution in [0.4, 0.5) is 4.39 Å². The van der Waals surface area contributed by atoms with Crippen molar-refractivity contribution >= 4 is 26.6 Å². The van der Waals surface area contributed by atoms with Crippen LogP contribution < -0.4 is 4.74 Å². The largest absolute Gasteiger partial charge is 0.426 e. The third-order valence-corrected chi connectivity index (χ3v) is 6.50. The summed E-state index contributed by atoms with van der Waals surface area (Å²) in [4.78, 5) is 11.7. The molecule has 0 unspecified atom stereocenters. The zero-order valence-electron chi connectivity index (χ0n) is 16.0. The number of sulfone groups is 1. The number of rotatable bonds is 5. The Balaban J connectivity index is 2.09. The van der Waals surface area contributed by atoms with Gasteiger partial charge in [0.2, 0.25) is 0 Å². The summed E-state index contributed by atoms with van der Waals surface area (Å²) in [6.07, 6.45) is 0.452. The fourth-order valence-electron chi connectivity index (χ4n) is 3.19. The second-order valence-electron chi connectivity index (χ2n) is 6.66. The summed E-state index contributed by atoms with van der Waals surface area (Å²) >= 11 is 0. The van der Waals surface area contributed by atoms with Crippen molar-refractivity contribution in [1.82, 2.24) is 0 Å². The van der Waals surface area contributed by atoms with Crippen molar-refractivity contribution < 1.29 is 22.3 Å². The Morgan fingerprint density at radius 1 is 1.07 bits per heavy atom. The molecule has 0 saturated heterocycles. The molecular weight excluding hydrogens is 379 g/mol. The highest BCUT2D eigenvalue weighted by molar-refractivity contribution is 7.91. The predicted octanol–water partition coefficient (Wildman–Crippen LogP) is 4.60. The lowest BCUT2D eigenvalue weighted by Crippen LogP contribution is -2.06. The molecule has 0 radical (unpaired) electrons. The van der Waals surface area contributed by atoms with Crippen molar-refractivity contribution in [2.45, 2.75) is 32.1 Å². The van der Waals surface area contributed by atoms with Gasteiger partial charge in [-0.25, -0.2) is 12.8 Å². The Labute approximate surface area is 163 Å². The first-order chi connectivity index (χ1) is 13.2. The molecule has 0 fully saturated rings. The Morgan fingerprint density at radius 2 is 1.75 bits per heavy atom. The smallest absolute Gasteiger partial charge is 0.308 e. The van der Waals surface area contributed by atoms with Crippen LogP contribution >= 0.6 is 0 Å². The Kier molecular flexibility index (Phi) is 5.52. The van der Waals surface area contributed by atoms with Crippen LogP contribution in [0.3, 0.4) is 0 Å². The van der Waals surface area contributed by atoms with E-state index in [0.717, 1.165) is 27.5 Å². The summed E-state index contributed by atoms with van der Waals surface area (Å²) in [6.45, 7) is 4.77. The summed E-state index contributed by atoms with van der Waals surface area (Å²) in [5, 5.41) is 1.50. The molecule has 0 heterocycles. The van der Waals surface area contributed by atoms with E-state index in [-0.39, 0.29) is 16.5 Å². The first-order valence-electron chi connectivity index (χ1n) is 8.93. The quantitative estimate of drug-likeness (QED) is 0.464. The number of fused-ring (bicyclic) bond motifs is 1. The van der Waals surface area contributed by atoms with Gasteiger partial charge in [0.05, 0.1) is 10.6 Å². The number of carbonyl (C=O) groups excluding carboxylic acids is 1. The molecule has 0 aliphatic rings. The average Bonchev–Trinajstić information content (AvgIpc) is 2.65. The Bertz CT molecular complexity index is 1150. The SMILES string of the molecule is CCS(=O)(=O)c1ccc(Cc2c(C)c(OC(C)=O)cc3ccc(F)cc23)cc1. The maximum atomic E-state index is 13.9. The van der Waals surface area contributed by atoms with Crippen molar-refractivity contribution in [3.8, 4) is 5.75 Å². The van der Waals surface area contributed by atoms with Crippen molar-refractivity contribution in [3.63, 3.8) is 0 Å². The zero-order chi connectivity index (χ0) is 20.5. The zero-order valence-corrected chi connectivity index (χ0v) is 16.8. The van der Waals surface area contributed by atoms with E-state index in [4.69, 9.17) is 4.74 Å². The van der Waals surface area contributed by atoms with Gasteiger partial charge in [-0.1, -0.05) is 25.1 Å². The van der Waals surface area contributed by atoms with E-state index in [1.165, 1.54) is 19.1 Å². The number of halogens is 1. The van der Waals surface area contributed by atoms with Gasteiger partial charge in [0.25, 0.3) is 0 Å². The molecular formula is C22H21FO4S. The minimum Gasteiger partial charge on any atom is -0.426 e. The van der Waals surface area contributed by atoms with E-state index < -0.39 is 15.8 Å². The van der Waals surface area contributed by atoms with Crippen LogP contribution in [-0.2, 0) is 21.1 Å². The predicted molar refractivity (Wildman–Crippen MR) is 107 cm³/mol. The van der Waals surface area contributed by atoms with E-state index in [9.17, 15) is 17.6 Å². The second kappa shape index (κ2) is 7.72. The number of benzene rings is 3. The highest BCUT2D eigenvalue weighted by Crippen LogP contribution is 2.33. The van der Waals surface area contributed by atoms with Gasteiger partial charge < -0.3 is 4.74 Å². The maximum absolute atomic E-state index is 13.9. The van der Waals surface area contributed by atoms with E-state index >= 15 is 0 Å². The minimum atomic E-state index is -3.26. The van der Waals surface area contributed by atoms with Gasteiger partial charge >= 0.3 is 5.97 Å². The molecule has 3 aromatic carbocycles. The van der Waals surface area contributed by atoms with Crippen LogP contribution in [0, 0.1) is 12.7 Å². The molecule has 4 nitrogen and oxygen atoms in total. The number of hydrogen-bond donors (Lipinski definition) is 0.